The molecule has 1 aliphatic heterocycles. The number of rotatable bonds is 2. The zero-order chi connectivity index (χ0) is 10.8. The van der Waals surface area contributed by atoms with Gasteiger partial charge in [-0.1, -0.05) is 0 Å². The summed E-state index contributed by atoms with van der Waals surface area (Å²) in [6.45, 7) is 2.18. The van der Waals surface area contributed by atoms with Crippen LogP contribution in [0.3, 0.4) is 0 Å². The summed E-state index contributed by atoms with van der Waals surface area (Å²) in [6, 6.07) is 5.52. The fourth-order valence-corrected chi connectivity index (χ4v) is 2.25. The van der Waals surface area contributed by atoms with Gasteiger partial charge in [0.1, 0.15) is 5.82 Å². The number of benzene rings is 1. The van der Waals surface area contributed by atoms with Crippen molar-refractivity contribution in [2.45, 2.75) is 12.5 Å². The van der Waals surface area contributed by atoms with Gasteiger partial charge in [-0.2, -0.15) is 0 Å². The Balaban J connectivity index is 2.02. The summed E-state index contributed by atoms with van der Waals surface area (Å²) in [4.78, 5) is 2.29. The van der Waals surface area contributed by atoms with E-state index in [-0.39, 0.29) is 5.82 Å². The number of hydrogen-bond acceptors (Lipinski definition) is 2. The molecule has 1 heterocycles. The van der Waals surface area contributed by atoms with Crippen LogP contribution in [0.2, 0.25) is 0 Å². The highest BCUT2D eigenvalue weighted by Crippen LogP contribution is 2.22. The minimum Gasteiger partial charge on any atom is -0.381 e. The fourth-order valence-electron chi connectivity index (χ4n) is 1.87. The summed E-state index contributed by atoms with van der Waals surface area (Å²) >= 11 is 3.18. The minimum atomic E-state index is -0.218. The van der Waals surface area contributed by atoms with Crippen LogP contribution in [0.15, 0.2) is 22.7 Å². The van der Waals surface area contributed by atoms with Gasteiger partial charge in [0, 0.05) is 18.3 Å². The molecule has 0 bridgehead atoms. The van der Waals surface area contributed by atoms with Crippen LogP contribution in [-0.4, -0.2) is 31.1 Å². The lowest BCUT2D eigenvalue weighted by atomic mass is 10.2. The van der Waals surface area contributed by atoms with Crippen molar-refractivity contribution < 1.29 is 4.39 Å². The number of nitrogens with one attached hydrogen (secondary N) is 1. The van der Waals surface area contributed by atoms with E-state index in [1.807, 2.05) is 0 Å². The Bertz CT molecular complexity index is 356. The van der Waals surface area contributed by atoms with Gasteiger partial charge < -0.3 is 10.2 Å². The lowest BCUT2D eigenvalue weighted by Gasteiger charge is -2.14. The molecule has 82 valence electrons. The predicted molar refractivity (Wildman–Crippen MR) is 63.6 cm³/mol. The highest BCUT2D eigenvalue weighted by atomic mass is 79.9. The van der Waals surface area contributed by atoms with Gasteiger partial charge in [-0.25, -0.2) is 4.39 Å². The van der Waals surface area contributed by atoms with E-state index in [4.69, 9.17) is 0 Å². The fraction of sp³-hybridized carbons (Fsp3) is 0.455. The van der Waals surface area contributed by atoms with Crippen LogP contribution in [0, 0.1) is 5.82 Å². The molecular weight excluding hydrogens is 259 g/mol. The van der Waals surface area contributed by atoms with Crippen molar-refractivity contribution >= 4 is 21.6 Å². The molecule has 0 aromatic heterocycles. The third-order valence-electron chi connectivity index (χ3n) is 2.68. The van der Waals surface area contributed by atoms with E-state index in [1.54, 1.807) is 12.1 Å². The third kappa shape index (κ3) is 2.69. The highest BCUT2D eigenvalue weighted by molar-refractivity contribution is 9.10. The second-order valence-corrected chi connectivity index (χ2v) is 4.88. The predicted octanol–water partition coefficient (Wildman–Crippen LogP) is 2.70. The van der Waals surface area contributed by atoms with E-state index in [0.717, 1.165) is 25.2 Å². The molecule has 1 unspecified atom stereocenters. The normalized spacial score (nSPS) is 21.9. The SMILES string of the molecule is CN1CCC(Nc2ccc(F)c(Br)c2)C1. The first kappa shape index (κ1) is 10.9. The molecule has 1 aromatic rings. The zero-order valence-corrected chi connectivity index (χ0v) is 10.2. The Kier molecular flexibility index (Phi) is 3.26. The van der Waals surface area contributed by atoms with E-state index < -0.39 is 0 Å². The molecule has 1 saturated heterocycles. The molecule has 1 N–H and O–H groups in total. The van der Waals surface area contributed by atoms with Crippen molar-refractivity contribution in [1.29, 1.82) is 0 Å². The maximum absolute atomic E-state index is 13.0. The average molecular weight is 273 g/mol. The molecule has 0 radical (unpaired) electrons. The van der Waals surface area contributed by atoms with E-state index in [2.05, 4.69) is 33.2 Å². The van der Waals surface area contributed by atoms with Gasteiger partial charge in [0.25, 0.3) is 0 Å². The van der Waals surface area contributed by atoms with E-state index in [0.29, 0.717) is 10.5 Å². The molecule has 1 aliphatic rings. The Morgan fingerprint density at radius 1 is 1.53 bits per heavy atom. The highest BCUT2D eigenvalue weighted by Gasteiger charge is 2.18. The molecule has 15 heavy (non-hydrogen) atoms. The van der Waals surface area contributed by atoms with Crippen LogP contribution in [0.25, 0.3) is 0 Å². The number of nitrogens with zero attached hydrogens (tertiary/aromatic N) is 1. The van der Waals surface area contributed by atoms with Crippen molar-refractivity contribution in [2.75, 3.05) is 25.5 Å². The molecular formula is C11H14BrFN2. The average Bonchev–Trinajstić information content (AvgIpc) is 2.58. The van der Waals surface area contributed by atoms with Crippen LogP contribution >= 0.6 is 15.9 Å². The smallest absolute Gasteiger partial charge is 0.137 e. The quantitative estimate of drug-likeness (QED) is 0.891. The van der Waals surface area contributed by atoms with Gasteiger partial charge in [-0.05, 0) is 54.1 Å². The molecule has 2 nitrogen and oxygen atoms in total. The summed E-state index contributed by atoms with van der Waals surface area (Å²) in [5, 5.41) is 3.40. The van der Waals surface area contributed by atoms with Gasteiger partial charge in [-0.3, -0.25) is 0 Å². The first-order valence-corrected chi connectivity index (χ1v) is 5.84. The van der Waals surface area contributed by atoms with Gasteiger partial charge in [0.15, 0.2) is 0 Å². The number of likely N-dealkylation sites (tertiary alicyclic amines) is 1. The number of halogens is 2. The molecule has 0 amide bonds. The van der Waals surface area contributed by atoms with Crippen molar-refractivity contribution in [1.82, 2.24) is 4.90 Å². The lowest BCUT2D eigenvalue weighted by molar-refractivity contribution is 0.414. The van der Waals surface area contributed by atoms with Crippen LogP contribution in [0.1, 0.15) is 6.42 Å². The molecule has 0 saturated carbocycles. The van der Waals surface area contributed by atoms with Crippen LogP contribution < -0.4 is 5.32 Å². The maximum Gasteiger partial charge on any atom is 0.137 e. The summed E-state index contributed by atoms with van der Waals surface area (Å²) in [5.41, 5.74) is 0.976. The molecule has 0 spiro atoms. The largest absolute Gasteiger partial charge is 0.381 e. The van der Waals surface area contributed by atoms with Gasteiger partial charge in [0.2, 0.25) is 0 Å². The standard InChI is InChI=1S/C11H14BrFN2/c1-15-5-4-9(7-15)14-8-2-3-11(13)10(12)6-8/h2-3,6,9,14H,4-5,7H2,1H3. The Morgan fingerprint density at radius 2 is 2.33 bits per heavy atom. The van der Waals surface area contributed by atoms with Gasteiger partial charge in [0.05, 0.1) is 4.47 Å². The summed E-state index contributed by atoms with van der Waals surface area (Å²) in [5.74, 6) is -0.218. The zero-order valence-electron chi connectivity index (χ0n) is 8.63. The second-order valence-electron chi connectivity index (χ2n) is 4.02. The maximum atomic E-state index is 13.0. The van der Waals surface area contributed by atoms with Crippen molar-refractivity contribution in [3.8, 4) is 0 Å². The van der Waals surface area contributed by atoms with Crippen LogP contribution in [0.5, 0.6) is 0 Å². The minimum absolute atomic E-state index is 0.218. The summed E-state index contributed by atoms with van der Waals surface area (Å²) in [6.07, 6.45) is 1.14. The summed E-state index contributed by atoms with van der Waals surface area (Å²) < 4.78 is 13.5. The molecule has 4 heteroatoms. The van der Waals surface area contributed by atoms with Gasteiger partial charge >= 0.3 is 0 Å². The molecule has 1 atom stereocenters. The monoisotopic (exact) mass is 272 g/mol. The van der Waals surface area contributed by atoms with Gasteiger partial charge in [-0.15, -0.1) is 0 Å². The Hall–Kier alpha value is -0.610. The first-order valence-electron chi connectivity index (χ1n) is 5.05. The molecule has 1 aromatic carbocycles. The molecule has 2 rings (SSSR count). The Morgan fingerprint density at radius 3 is 2.93 bits per heavy atom. The van der Waals surface area contributed by atoms with E-state index in [1.165, 1.54) is 6.07 Å². The number of hydrogen-bond donors (Lipinski definition) is 1. The van der Waals surface area contributed by atoms with Crippen molar-refractivity contribution in [3.63, 3.8) is 0 Å². The number of likely N-dealkylation sites (N-methyl/N-ethyl adjacent to an activating group) is 1. The van der Waals surface area contributed by atoms with Crippen molar-refractivity contribution in [2.24, 2.45) is 0 Å². The second kappa shape index (κ2) is 4.49. The molecule has 1 fully saturated rings. The van der Waals surface area contributed by atoms with Crippen molar-refractivity contribution in [3.05, 3.63) is 28.5 Å². The number of anilines is 1. The van der Waals surface area contributed by atoms with E-state index in [9.17, 15) is 4.39 Å². The Labute approximate surface area is 97.6 Å². The molecule has 0 aliphatic carbocycles. The third-order valence-corrected chi connectivity index (χ3v) is 3.29. The summed E-state index contributed by atoms with van der Waals surface area (Å²) in [7, 11) is 2.11. The van der Waals surface area contributed by atoms with Crippen LogP contribution in [0.4, 0.5) is 10.1 Å². The first-order chi connectivity index (χ1) is 7.15. The lowest BCUT2D eigenvalue weighted by Crippen LogP contribution is -2.23. The van der Waals surface area contributed by atoms with E-state index >= 15 is 0 Å². The topological polar surface area (TPSA) is 15.3 Å². The van der Waals surface area contributed by atoms with Crippen LogP contribution in [-0.2, 0) is 0 Å².